The van der Waals surface area contributed by atoms with Gasteiger partial charge in [-0.05, 0) is 66.1 Å². The van der Waals surface area contributed by atoms with Crippen molar-refractivity contribution in [2.75, 3.05) is 13.2 Å². The maximum Gasteiger partial charge on any atom is 0.303 e. The number of carboxylic acid groups (broad SMARTS) is 1. The number of aromatic nitrogens is 5. The number of nitrogens with zero attached hydrogens (tertiary/aromatic N) is 6. The van der Waals surface area contributed by atoms with E-state index in [2.05, 4.69) is 15.2 Å². The van der Waals surface area contributed by atoms with Crippen LogP contribution in [-0.4, -0.2) is 59.5 Å². The molecule has 4 atom stereocenters. The van der Waals surface area contributed by atoms with Crippen LogP contribution in [0.1, 0.15) is 65.1 Å². The summed E-state index contributed by atoms with van der Waals surface area (Å²) in [5.74, 6) is -1.88. The SMILES string of the molecule is C[C@@H]1c2ccccc2[C@@H](F)CN1C(=O)c1cc(-c2ccn(CCF)n2)n2nc(-c3ccc([C@H]4C[C@@H]4CC(=O)O)cc3F)cc2n1. The predicted molar refractivity (Wildman–Crippen MR) is 158 cm³/mol. The van der Waals surface area contributed by atoms with Crippen LogP contribution in [0.5, 0.6) is 0 Å². The van der Waals surface area contributed by atoms with Gasteiger partial charge in [0.2, 0.25) is 0 Å². The highest BCUT2D eigenvalue weighted by Gasteiger charge is 2.40. The lowest BCUT2D eigenvalue weighted by Gasteiger charge is -2.36. The quantitative estimate of drug-likeness (QED) is 0.224. The number of hydrogen-bond acceptors (Lipinski definition) is 5. The van der Waals surface area contributed by atoms with E-state index in [-0.39, 0.29) is 53.9 Å². The van der Waals surface area contributed by atoms with Crippen molar-refractivity contribution in [1.82, 2.24) is 29.3 Å². The molecule has 5 aromatic rings. The van der Waals surface area contributed by atoms with Crippen LogP contribution in [0.2, 0.25) is 0 Å². The molecule has 1 aliphatic carbocycles. The zero-order valence-electron chi connectivity index (χ0n) is 24.3. The Morgan fingerprint density at radius 2 is 1.82 bits per heavy atom. The number of benzene rings is 2. The van der Waals surface area contributed by atoms with Gasteiger partial charge < -0.3 is 10.0 Å². The van der Waals surface area contributed by atoms with Gasteiger partial charge in [-0.2, -0.15) is 10.2 Å². The van der Waals surface area contributed by atoms with Gasteiger partial charge in [0.15, 0.2) is 5.65 Å². The third-order valence-electron chi connectivity index (χ3n) is 8.79. The zero-order chi connectivity index (χ0) is 31.4. The largest absolute Gasteiger partial charge is 0.481 e. The molecule has 1 amide bonds. The van der Waals surface area contributed by atoms with Crippen molar-refractivity contribution >= 4 is 17.5 Å². The van der Waals surface area contributed by atoms with Crippen molar-refractivity contribution in [3.63, 3.8) is 0 Å². The zero-order valence-corrected chi connectivity index (χ0v) is 24.3. The Balaban J connectivity index is 1.28. The molecule has 9 nitrogen and oxygen atoms in total. The minimum absolute atomic E-state index is 0.0000491. The Labute approximate surface area is 255 Å². The number of aliphatic carboxylic acids is 1. The van der Waals surface area contributed by atoms with Gasteiger partial charge in [0, 0.05) is 24.2 Å². The second-order valence-corrected chi connectivity index (χ2v) is 11.6. The van der Waals surface area contributed by atoms with E-state index in [1.54, 1.807) is 42.6 Å². The van der Waals surface area contributed by atoms with Crippen molar-refractivity contribution in [2.45, 2.75) is 44.4 Å². The molecule has 1 saturated carbocycles. The van der Waals surface area contributed by atoms with Crippen LogP contribution in [0.3, 0.4) is 0 Å². The summed E-state index contributed by atoms with van der Waals surface area (Å²) < 4.78 is 46.6. The Kier molecular flexibility index (Phi) is 7.14. The number of carboxylic acids is 1. The number of alkyl halides is 2. The number of halogens is 3. The number of carbonyl (C=O) groups is 2. The Hall–Kier alpha value is -5.00. The van der Waals surface area contributed by atoms with Crippen LogP contribution < -0.4 is 0 Å². The van der Waals surface area contributed by atoms with Crippen molar-refractivity contribution in [2.24, 2.45) is 5.92 Å². The molecular weight excluding hydrogens is 585 g/mol. The van der Waals surface area contributed by atoms with Crippen LogP contribution in [0, 0.1) is 11.7 Å². The minimum atomic E-state index is -1.36. The standard InChI is InChI=1S/C33H29F3N6O3/c1-18-21-4-2-3-5-22(21)26(36)17-41(18)33(45)29-15-30(27-8-10-40(38-27)11-9-34)42-31(37-29)16-28(39-42)23-7-6-19(13-25(23)35)24-12-20(24)14-32(43)44/h2-8,10,13,15-16,18,20,24,26H,9,11-12,14,17H2,1H3,(H,43,44)/t18-,20-,24-,26+/m1/s1. The first-order valence-electron chi connectivity index (χ1n) is 14.8. The molecule has 4 heterocycles. The molecule has 1 fully saturated rings. The molecule has 0 radical (unpaired) electrons. The molecule has 0 saturated heterocycles. The highest BCUT2D eigenvalue weighted by Crippen LogP contribution is 2.50. The van der Waals surface area contributed by atoms with E-state index in [1.165, 1.54) is 26.2 Å². The molecule has 1 aliphatic heterocycles. The van der Waals surface area contributed by atoms with Gasteiger partial charge in [0.1, 0.15) is 30.1 Å². The van der Waals surface area contributed by atoms with Crippen LogP contribution >= 0.6 is 0 Å². The van der Waals surface area contributed by atoms with E-state index in [0.29, 0.717) is 23.4 Å². The summed E-state index contributed by atoms with van der Waals surface area (Å²) in [5, 5.41) is 18.1. The highest BCUT2D eigenvalue weighted by atomic mass is 19.1. The first-order valence-corrected chi connectivity index (χ1v) is 14.8. The fraction of sp³-hybridized carbons (Fsp3) is 0.303. The highest BCUT2D eigenvalue weighted by molar-refractivity contribution is 5.94. The second-order valence-electron chi connectivity index (χ2n) is 11.6. The number of carbonyl (C=O) groups excluding carboxylic acids is 1. The van der Waals surface area contributed by atoms with Crippen molar-refractivity contribution in [3.8, 4) is 22.6 Å². The van der Waals surface area contributed by atoms with E-state index < -0.39 is 36.6 Å². The van der Waals surface area contributed by atoms with Crippen molar-refractivity contribution < 1.29 is 27.9 Å². The van der Waals surface area contributed by atoms with E-state index in [4.69, 9.17) is 5.11 Å². The molecule has 0 spiro atoms. The Morgan fingerprint density at radius 3 is 2.58 bits per heavy atom. The summed E-state index contributed by atoms with van der Waals surface area (Å²) in [6, 6.07) is 16.3. The first kappa shape index (κ1) is 28.8. The van der Waals surface area contributed by atoms with Gasteiger partial charge in [-0.25, -0.2) is 22.7 Å². The molecule has 12 heteroatoms. The number of amides is 1. The predicted octanol–water partition coefficient (Wildman–Crippen LogP) is 6.17. The molecule has 7 rings (SSSR count). The number of hydrogen-bond donors (Lipinski definition) is 1. The lowest BCUT2D eigenvalue weighted by molar-refractivity contribution is -0.137. The summed E-state index contributed by atoms with van der Waals surface area (Å²) in [6.45, 7) is 1.13. The summed E-state index contributed by atoms with van der Waals surface area (Å²) in [7, 11) is 0. The summed E-state index contributed by atoms with van der Waals surface area (Å²) in [5.41, 5.74) is 3.56. The number of aryl methyl sites for hydroxylation is 1. The Bertz CT molecular complexity index is 1960. The van der Waals surface area contributed by atoms with Gasteiger partial charge in [-0.15, -0.1) is 0 Å². The van der Waals surface area contributed by atoms with E-state index in [1.807, 2.05) is 19.1 Å². The maximum absolute atomic E-state index is 15.5. The molecule has 1 N–H and O–H groups in total. The van der Waals surface area contributed by atoms with Gasteiger partial charge in [-0.1, -0.05) is 30.3 Å². The number of fused-ring (bicyclic) bond motifs is 2. The molecule has 230 valence electrons. The van der Waals surface area contributed by atoms with Crippen molar-refractivity contribution in [3.05, 3.63) is 95.1 Å². The topological polar surface area (TPSA) is 106 Å². The second kappa shape index (κ2) is 11.2. The summed E-state index contributed by atoms with van der Waals surface area (Å²) in [4.78, 5) is 31.0. The Morgan fingerprint density at radius 1 is 1.02 bits per heavy atom. The first-order chi connectivity index (χ1) is 21.7. The third-order valence-corrected chi connectivity index (χ3v) is 8.79. The molecule has 0 bridgehead atoms. The monoisotopic (exact) mass is 614 g/mol. The van der Waals surface area contributed by atoms with Gasteiger partial charge in [0.25, 0.3) is 5.91 Å². The van der Waals surface area contributed by atoms with Crippen molar-refractivity contribution in [1.29, 1.82) is 0 Å². The fourth-order valence-corrected chi connectivity index (χ4v) is 6.36. The normalized spacial score (nSPS) is 20.8. The lowest BCUT2D eigenvalue weighted by atomic mass is 9.92. The van der Waals surface area contributed by atoms with E-state index in [9.17, 15) is 14.0 Å². The molecular formula is C33H29F3N6O3. The summed E-state index contributed by atoms with van der Waals surface area (Å²) in [6.07, 6.45) is 0.996. The van der Waals surface area contributed by atoms with Gasteiger partial charge >= 0.3 is 5.97 Å². The van der Waals surface area contributed by atoms with Crippen LogP contribution in [0.25, 0.3) is 28.3 Å². The molecule has 3 aromatic heterocycles. The molecule has 45 heavy (non-hydrogen) atoms. The lowest BCUT2D eigenvalue weighted by Crippen LogP contribution is -2.40. The number of rotatable bonds is 8. The average molecular weight is 615 g/mol. The molecule has 0 unspecified atom stereocenters. The van der Waals surface area contributed by atoms with Crippen LogP contribution in [0.4, 0.5) is 13.2 Å². The smallest absolute Gasteiger partial charge is 0.303 e. The van der Waals surface area contributed by atoms with Gasteiger partial charge in [0.05, 0.1) is 30.5 Å². The van der Waals surface area contributed by atoms with E-state index >= 15 is 8.78 Å². The van der Waals surface area contributed by atoms with Crippen LogP contribution in [0.15, 0.2) is 66.9 Å². The molecule has 2 aromatic carbocycles. The third kappa shape index (κ3) is 5.23. The van der Waals surface area contributed by atoms with E-state index in [0.717, 1.165) is 11.1 Å². The van der Waals surface area contributed by atoms with Crippen LogP contribution in [-0.2, 0) is 11.3 Å². The average Bonchev–Trinajstić information content (AvgIpc) is 3.40. The summed E-state index contributed by atoms with van der Waals surface area (Å²) >= 11 is 0. The fourth-order valence-electron chi connectivity index (χ4n) is 6.36. The molecule has 2 aliphatic rings. The van der Waals surface area contributed by atoms with Gasteiger partial charge in [-0.3, -0.25) is 14.3 Å². The maximum atomic E-state index is 15.5. The minimum Gasteiger partial charge on any atom is -0.481 e.